The topological polar surface area (TPSA) is 104 Å². The van der Waals surface area contributed by atoms with Crippen LogP contribution in [0.3, 0.4) is 0 Å². The van der Waals surface area contributed by atoms with Crippen LogP contribution in [0, 0.1) is 6.92 Å². The Balaban J connectivity index is 1.93. The zero-order chi connectivity index (χ0) is 20.3. The van der Waals surface area contributed by atoms with Crippen molar-refractivity contribution in [3.63, 3.8) is 0 Å². The van der Waals surface area contributed by atoms with Gasteiger partial charge < -0.3 is 0 Å². The molecule has 0 saturated heterocycles. The third-order valence-corrected chi connectivity index (χ3v) is 10.1. The molecule has 0 bridgehead atoms. The Bertz CT molecular complexity index is 1120. The molecule has 1 atom stereocenters. The first kappa shape index (κ1) is 20.0. The van der Waals surface area contributed by atoms with Crippen molar-refractivity contribution >= 4 is 33.2 Å². The molecule has 1 unspecified atom stereocenters. The molecule has 0 aliphatic rings. The molecule has 7 nitrogen and oxygen atoms in total. The molecule has 9 heteroatoms. The summed E-state index contributed by atoms with van der Waals surface area (Å²) in [6, 6.07) is 15.6. The number of rotatable bonds is 6. The van der Waals surface area contributed by atoms with Gasteiger partial charge in [-0.05, 0) is 0 Å². The molecule has 0 radical (unpaired) electrons. The molecule has 1 heterocycles. The van der Waals surface area contributed by atoms with E-state index in [4.69, 9.17) is 4.52 Å². The summed E-state index contributed by atoms with van der Waals surface area (Å²) in [6.07, 6.45) is 0. The fourth-order valence-electron chi connectivity index (χ4n) is 2.62. The number of aryl methyl sites for hydroxylation is 1. The second-order valence-corrected chi connectivity index (χ2v) is 13.1. The van der Waals surface area contributed by atoms with E-state index in [1.54, 1.807) is 19.1 Å². The Morgan fingerprint density at radius 3 is 2.25 bits per heavy atom. The average molecular weight is 461 g/mol. The predicted octanol–water partition coefficient (Wildman–Crippen LogP) is 2.14. The Morgan fingerprint density at radius 2 is 1.64 bits per heavy atom. The first-order chi connectivity index (χ1) is 13.3. The van der Waals surface area contributed by atoms with Gasteiger partial charge in [-0.15, -0.1) is 0 Å². The zero-order valence-electron chi connectivity index (χ0n) is 15.0. The molecule has 0 aliphatic carbocycles. The summed E-state index contributed by atoms with van der Waals surface area (Å²) in [5.41, 5.74) is 3.03. The van der Waals surface area contributed by atoms with Crippen LogP contribution in [0.25, 0.3) is 22.4 Å². The summed E-state index contributed by atoms with van der Waals surface area (Å²) in [4.78, 5) is 22.9. The molecule has 3 aromatic rings. The van der Waals surface area contributed by atoms with Gasteiger partial charge in [-0.3, -0.25) is 0 Å². The van der Waals surface area contributed by atoms with Crippen LogP contribution in [0.4, 0.5) is 0 Å². The monoisotopic (exact) mass is 461 g/mol. The zero-order valence-corrected chi connectivity index (χ0v) is 17.9. The molecule has 1 aromatic heterocycles. The Kier molecular flexibility index (Phi) is 5.81. The summed E-state index contributed by atoms with van der Waals surface area (Å²) in [5.74, 6) is -0.531. The van der Waals surface area contributed by atoms with E-state index >= 15 is 0 Å². The van der Waals surface area contributed by atoms with E-state index in [2.05, 4.69) is 9.89 Å². The number of nitrogens with zero attached hydrogens (tertiary/aromatic N) is 1. The first-order valence-electron chi connectivity index (χ1n) is 8.10. The molecule has 0 aliphatic heterocycles. The van der Waals surface area contributed by atoms with Gasteiger partial charge in [0.15, 0.2) is 0 Å². The van der Waals surface area contributed by atoms with E-state index in [-0.39, 0.29) is 4.90 Å². The third-order valence-electron chi connectivity index (χ3n) is 3.96. The summed E-state index contributed by atoms with van der Waals surface area (Å²) in [5, 5.41) is 4.12. The average Bonchev–Trinajstić information content (AvgIpc) is 3.09. The van der Waals surface area contributed by atoms with Crippen molar-refractivity contribution in [3.05, 3.63) is 60.4 Å². The van der Waals surface area contributed by atoms with Crippen LogP contribution >= 0.6 is 0 Å². The van der Waals surface area contributed by atoms with Gasteiger partial charge in [0.05, 0.1) is 0 Å². The van der Waals surface area contributed by atoms with Crippen molar-refractivity contribution in [3.8, 4) is 22.4 Å². The number of ether oxygens (including phenoxy) is 1. The molecule has 0 amide bonds. The maximum absolute atomic E-state index is 12.4. The van der Waals surface area contributed by atoms with Gasteiger partial charge in [0, 0.05) is 0 Å². The van der Waals surface area contributed by atoms with Crippen LogP contribution in [-0.4, -0.2) is 45.8 Å². The van der Waals surface area contributed by atoms with E-state index in [0.717, 1.165) is 23.8 Å². The normalized spacial score (nSPS) is 11.6. The number of esters is 1. The molecular weight excluding hydrogens is 445 g/mol. The molecule has 2 aromatic carbocycles. The Morgan fingerprint density at radius 1 is 1.00 bits per heavy atom. The van der Waals surface area contributed by atoms with Crippen molar-refractivity contribution in [2.75, 3.05) is 7.11 Å². The second-order valence-electron chi connectivity index (χ2n) is 5.78. The minimum atomic E-state index is -3.84. The van der Waals surface area contributed by atoms with Gasteiger partial charge in [-0.2, -0.15) is 0 Å². The van der Waals surface area contributed by atoms with E-state index in [1.165, 1.54) is 12.1 Å². The van der Waals surface area contributed by atoms with Crippen molar-refractivity contribution in [1.82, 2.24) is 5.16 Å². The fraction of sp³-hybridized carbons (Fsp3) is 0.105. The summed E-state index contributed by atoms with van der Waals surface area (Å²) >= 11 is -2.24. The van der Waals surface area contributed by atoms with Crippen LogP contribution in [0.1, 0.15) is 5.76 Å². The number of hydrogen-bond donors (Lipinski definition) is 0. The van der Waals surface area contributed by atoms with Crippen LogP contribution in [0.15, 0.2) is 64.0 Å². The summed E-state index contributed by atoms with van der Waals surface area (Å²) in [6.45, 7) is 1.78. The number of hydrogen-bond acceptors (Lipinski definition) is 7. The minimum absolute atomic E-state index is 0.0103. The van der Waals surface area contributed by atoms with Crippen molar-refractivity contribution < 1.29 is 27.3 Å². The number of carbonyl (C=O) groups excluding carboxylic acids is 2. The van der Waals surface area contributed by atoms with E-state index in [1.807, 2.05) is 30.3 Å². The van der Waals surface area contributed by atoms with Gasteiger partial charge in [0.25, 0.3) is 0 Å². The molecule has 28 heavy (non-hydrogen) atoms. The molecule has 0 spiro atoms. The molecule has 0 N–H and O–H groups in total. The summed E-state index contributed by atoms with van der Waals surface area (Å²) < 4.78 is 33.5. The van der Waals surface area contributed by atoms with Crippen molar-refractivity contribution in [2.45, 2.75) is 11.8 Å². The maximum atomic E-state index is 12.4. The number of aromatic nitrogens is 1. The first-order valence-corrected chi connectivity index (χ1v) is 13.2. The fourth-order valence-corrected chi connectivity index (χ4v) is 7.43. The van der Waals surface area contributed by atoms with Crippen LogP contribution in [0.2, 0.25) is 0 Å². The SMILES string of the molecule is COC(=O)C(=O)[AsH]S(=O)(=O)c1ccc(-c2c(-c3ccccc3)noc2C)cc1. The van der Waals surface area contributed by atoms with Crippen LogP contribution in [-0.2, 0) is 22.4 Å². The standard InChI is InChI=1S/C19H16AsNO6S/c1-12-16(17(21-27-12)14-6-4-3-5-7-14)13-8-10-15(11-9-13)28(24,25)20-18(22)19(23)26-2/h3-11,20H,1-2H3. The Hall–Kier alpha value is -2.70. The van der Waals surface area contributed by atoms with Crippen molar-refractivity contribution in [2.24, 2.45) is 0 Å². The third kappa shape index (κ3) is 4.08. The predicted molar refractivity (Wildman–Crippen MR) is 103 cm³/mol. The molecule has 0 fully saturated rings. The Labute approximate surface area is 167 Å². The van der Waals surface area contributed by atoms with Gasteiger partial charge >= 0.3 is 167 Å². The van der Waals surface area contributed by atoms with E-state index in [9.17, 15) is 18.0 Å². The number of methoxy groups -OCH3 is 1. The van der Waals surface area contributed by atoms with Gasteiger partial charge in [-0.25, -0.2) is 0 Å². The number of benzene rings is 2. The molecule has 0 saturated carbocycles. The van der Waals surface area contributed by atoms with E-state index in [0.29, 0.717) is 11.5 Å². The second kappa shape index (κ2) is 8.12. The quantitative estimate of drug-likeness (QED) is 0.315. The summed E-state index contributed by atoms with van der Waals surface area (Å²) in [7, 11) is -2.80. The van der Waals surface area contributed by atoms with Gasteiger partial charge in [0.2, 0.25) is 0 Å². The van der Waals surface area contributed by atoms with Crippen LogP contribution in [0.5, 0.6) is 0 Å². The molecular formula is C19H16AsNO6S. The van der Waals surface area contributed by atoms with E-state index < -0.39 is 33.2 Å². The van der Waals surface area contributed by atoms with Gasteiger partial charge in [-0.1, -0.05) is 0 Å². The van der Waals surface area contributed by atoms with Crippen LogP contribution < -0.4 is 0 Å². The molecule has 3 rings (SSSR count). The van der Waals surface area contributed by atoms with Crippen molar-refractivity contribution in [1.29, 1.82) is 0 Å². The number of carbonyl (C=O) groups is 2. The van der Waals surface area contributed by atoms with Gasteiger partial charge in [0.1, 0.15) is 0 Å². The molecule has 144 valence electrons.